The number of anilines is 2. The summed E-state index contributed by atoms with van der Waals surface area (Å²) in [5.74, 6) is 0.196. The Morgan fingerprint density at radius 1 is 0.741 bits per heavy atom. The number of hydrogen-bond acceptors (Lipinski definition) is 3. The lowest BCUT2D eigenvalue weighted by molar-refractivity contribution is -0.130. The van der Waals surface area contributed by atoms with Crippen LogP contribution in [0.2, 0.25) is 5.02 Å². The van der Waals surface area contributed by atoms with Crippen molar-refractivity contribution in [1.82, 2.24) is 4.90 Å². The molecule has 2 aromatic carbocycles. The van der Waals surface area contributed by atoms with E-state index in [2.05, 4.69) is 34.1 Å². The van der Waals surface area contributed by atoms with E-state index in [1.807, 2.05) is 29.2 Å². The molecule has 0 radical (unpaired) electrons. The first-order chi connectivity index (χ1) is 13.2. The highest BCUT2D eigenvalue weighted by Crippen LogP contribution is 2.24. The van der Waals surface area contributed by atoms with Gasteiger partial charge in [-0.2, -0.15) is 0 Å². The van der Waals surface area contributed by atoms with Gasteiger partial charge in [0.15, 0.2) is 0 Å². The molecule has 1 amide bonds. The van der Waals surface area contributed by atoms with Crippen LogP contribution in [0.5, 0.6) is 0 Å². The monoisotopic (exact) mass is 383 g/mol. The van der Waals surface area contributed by atoms with Crippen molar-refractivity contribution >= 4 is 28.9 Å². The second-order valence-corrected chi connectivity index (χ2v) is 7.82. The van der Waals surface area contributed by atoms with Gasteiger partial charge in [-0.05, 0) is 54.8 Å². The quantitative estimate of drug-likeness (QED) is 0.802. The predicted octanol–water partition coefficient (Wildman–Crippen LogP) is 3.83. The SMILES string of the molecule is O=C(Cc1ccc(Cl)cc1)N1CCN(c2ccc(N3CCCC3)cc2)CC1. The molecule has 0 saturated carbocycles. The van der Waals surface area contributed by atoms with E-state index >= 15 is 0 Å². The minimum absolute atomic E-state index is 0.196. The first-order valence-electron chi connectivity index (χ1n) is 9.81. The average molecular weight is 384 g/mol. The van der Waals surface area contributed by atoms with Crippen molar-refractivity contribution in [3.05, 3.63) is 59.1 Å². The highest BCUT2D eigenvalue weighted by atomic mass is 35.5. The zero-order chi connectivity index (χ0) is 18.6. The molecule has 142 valence electrons. The van der Waals surface area contributed by atoms with Crippen molar-refractivity contribution in [2.75, 3.05) is 49.1 Å². The minimum atomic E-state index is 0.196. The zero-order valence-corrected chi connectivity index (χ0v) is 16.4. The van der Waals surface area contributed by atoms with Gasteiger partial charge in [-0.3, -0.25) is 4.79 Å². The third kappa shape index (κ3) is 4.38. The molecular formula is C22H26ClN3O. The third-order valence-corrected chi connectivity index (χ3v) is 5.84. The summed E-state index contributed by atoms with van der Waals surface area (Å²) in [6.45, 7) is 5.67. The van der Waals surface area contributed by atoms with Crippen molar-refractivity contribution in [3.63, 3.8) is 0 Å². The van der Waals surface area contributed by atoms with Crippen LogP contribution in [0.25, 0.3) is 0 Å². The number of rotatable bonds is 4. The largest absolute Gasteiger partial charge is 0.372 e. The number of hydrogen-bond donors (Lipinski definition) is 0. The summed E-state index contributed by atoms with van der Waals surface area (Å²) in [5.41, 5.74) is 3.60. The van der Waals surface area contributed by atoms with E-state index in [1.54, 1.807) is 0 Å². The molecule has 4 nitrogen and oxygen atoms in total. The summed E-state index contributed by atoms with van der Waals surface area (Å²) in [6, 6.07) is 16.5. The van der Waals surface area contributed by atoms with E-state index in [0.717, 1.165) is 31.7 Å². The second-order valence-electron chi connectivity index (χ2n) is 7.38. The molecule has 5 heteroatoms. The number of nitrogens with zero attached hydrogens (tertiary/aromatic N) is 3. The molecule has 0 atom stereocenters. The van der Waals surface area contributed by atoms with Crippen molar-refractivity contribution in [1.29, 1.82) is 0 Å². The number of piperazine rings is 1. The maximum atomic E-state index is 12.6. The number of halogens is 1. The maximum absolute atomic E-state index is 12.6. The van der Waals surface area contributed by atoms with E-state index in [1.165, 1.54) is 37.3 Å². The van der Waals surface area contributed by atoms with Crippen LogP contribution >= 0.6 is 11.6 Å². The van der Waals surface area contributed by atoms with Gasteiger partial charge in [-0.1, -0.05) is 23.7 Å². The second kappa shape index (κ2) is 8.22. The molecule has 0 bridgehead atoms. The fourth-order valence-electron chi connectivity index (χ4n) is 3.95. The lowest BCUT2D eigenvalue weighted by atomic mass is 10.1. The van der Waals surface area contributed by atoms with Crippen LogP contribution in [0.4, 0.5) is 11.4 Å². The average Bonchev–Trinajstić information content (AvgIpc) is 3.25. The Morgan fingerprint density at radius 2 is 1.26 bits per heavy atom. The van der Waals surface area contributed by atoms with Gasteiger partial charge in [-0.15, -0.1) is 0 Å². The molecule has 0 unspecified atom stereocenters. The number of benzene rings is 2. The summed E-state index contributed by atoms with van der Waals surface area (Å²) >= 11 is 5.91. The molecule has 2 fully saturated rings. The first-order valence-corrected chi connectivity index (χ1v) is 10.2. The van der Waals surface area contributed by atoms with Gasteiger partial charge in [0.2, 0.25) is 5.91 Å². The summed E-state index contributed by atoms with van der Waals surface area (Å²) in [5, 5.41) is 0.704. The van der Waals surface area contributed by atoms with E-state index in [4.69, 9.17) is 11.6 Å². The fourth-order valence-corrected chi connectivity index (χ4v) is 4.08. The molecule has 2 heterocycles. The van der Waals surface area contributed by atoms with Gasteiger partial charge in [0.05, 0.1) is 6.42 Å². The summed E-state index contributed by atoms with van der Waals surface area (Å²) < 4.78 is 0. The highest BCUT2D eigenvalue weighted by molar-refractivity contribution is 6.30. The smallest absolute Gasteiger partial charge is 0.227 e. The Balaban J connectivity index is 1.30. The number of amides is 1. The highest BCUT2D eigenvalue weighted by Gasteiger charge is 2.21. The maximum Gasteiger partial charge on any atom is 0.227 e. The molecule has 2 aliphatic heterocycles. The number of carbonyl (C=O) groups excluding carboxylic acids is 1. The van der Waals surface area contributed by atoms with Crippen LogP contribution in [-0.2, 0) is 11.2 Å². The first kappa shape index (κ1) is 18.2. The molecule has 0 aromatic heterocycles. The van der Waals surface area contributed by atoms with Gasteiger partial charge in [0.25, 0.3) is 0 Å². The van der Waals surface area contributed by atoms with Crippen molar-refractivity contribution in [2.45, 2.75) is 19.3 Å². The van der Waals surface area contributed by atoms with Crippen LogP contribution < -0.4 is 9.80 Å². The molecule has 2 saturated heterocycles. The predicted molar refractivity (Wildman–Crippen MR) is 112 cm³/mol. The van der Waals surface area contributed by atoms with Crippen molar-refractivity contribution in [2.24, 2.45) is 0 Å². The molecule has 4 rings (SSSR count). The van der Waals surface area contributed by atoms with Gasteiger partial charge < -0.3 is 14.7 Å². The Kier molecular flexibility index (Phi) is 5.53. The van der Waals surface area contributed by atoms with Crippen molar-refractivity contribution in [3.8, 4) is 0 Å². The molecule has 0 spiro atoms. The Morgan fingerprint density at radius 3 is 1.81 bits per heavy atom. The van der Waals surface area contributed by atoms with Crippen LogP contribution in [0, 0.1) is 0 Å². The van der Waals surface area contributed by atoms with E-state index in [-0.39, 0.29) is 5.91 Å². The van der Waals surface area contributed by atoms with Crippen LogP contribution in [-0.4, -0.2) is 50.1 Å². The molecule has 0 aliphatic carbocycles. The Labute approximate surface area is 166 Å². The Bertz CT molecular complexity index is 761. The van der Waals surface area contributed by atoms with E-state index in [9.17, 15) is 4.79 Å². The lowest BCUT2D eigenvalue weighted by Gasteiger charge is -2.36. The van der Waals surface area contributed by atoms with Gasteiger partial charge in [0.1, 0.15) is 0 Å². The lowest BCUT2D eigenvalue weighted by Crippen LogP contribution is -2.49. The third-order valence-electron chi connectivity index (χ3n) is 5.59. The molecule has 0 N–H and O–H groups in total. The molecule has 27 heavy (non-hydrogen) atoms. The Hall–Kier alpha value is -2.20. The van der Waals surface area contributed by atoms with Crippen LogP contribution in [0.15, 0.2) is 48.5 Å². The van der Waals surface area contributed by atoms with Gasteiger partial charge in [-0.25, -0.2) is 0 Å². The summed E-state index contributed by atoms with van der Waals surface area (Å²) in [4.78, 5) is 19.4. The zero-order valence-electron chi connectivity index (χ0n) is 15.6. The van der Waals surface area contributed by atoms with E-state index < -0.39 is 0 Å². The van der Waals surface area contributed by atoms with Gasteiger partial charge >= 0.3 is 0 Å². The molecule has 2 aliphatic rings. The molecular weight excluding hydrogens is 358 g/mol. The minimum Gasteiger partial charge on any atom is -0.372 e. The topological polar surface area (TPSA) is 26.8 Å². The van der Waals surface area contributed by atoms with Crippen molar-refractivity contribution < 1.29 is 4.79 Å². The van der Waals surface area contributed by atoms with E-state index in [0.29, 0.717) is 11.4 Å². The normalized spacial score (nSPS) is 17.4. The number of carbonyl (C=O) groups is 1. The summed E-state index contributed by atoms with van der Waals surface area (Å²) in [7, 11) is 0. The van der Waals surface area contributed by atoms with Crippen LogP contribution in [0.3, 0.4) is 0 Å². The standard InChI is InChI=1S/C22H26ClN3O/c23-19-5-3-18(4-6-19)17-22(27)26-15-13-25(14-16-26)21-9-7-20(8-10-21)24-11-1-2-12-24/h3-10H,1-2,11-17H2. The fraction of sp³-hybridized carbons (Fsp3) is 0.409. The van der Waals surface area contributed by atoms with Gasteiger partial charge in [0, 0.05) is 55.7 Å². The molecule has 2 aromatic rings. The summed E-state index contributed by atoms with van der Waals surface area (Å²) in [6.07, 6.45) is 3.04. The van der Waals surface area contributed by atoms with Crippen LogP contribution in [0.1, 0.15) is 18.4 Å².